The maximum absolute atomic E-state index is 13.0. The van der Waals surface area contributed by atoms with Gasteiger partial charge in [0.1, 0.15) is 11.4 Å². The number of rotatable bonds is 2. The van der Waals surface area contributed by atoms with Crippen molar-refractivity contribution in [3.05, 3.63) is 72.0 Å². The number of carbonyl (C=O) groups excluding carboxylic acids is 2. The van der Waals surface area contributed by atoms with Crippen LogP contribution in [0.15, 0.2) is 65.2 Å². The lowest BCUT2D eigenvalue weighted by Gasteiger charge is -2.40. The van der Waals surface area contributed by atoms with E-state index in [1.54, 1.807) is 11.0 Å². The highest BCUT2D eigenvalue weighted by Crippen LogP contribution is 2.43. The molecule has 2 fully saturated rings. The zero-order valence-corrected chi connectivity index (χ0v) is 18.0. The van der Waals surface area contributed by atoms with E-state index in [1.165, 1.54) is 0 Å². The first-order chi connectivity index (χ1) is 16.0. The van der Waals surface area contributed by atoms with Crippen molar-refractivity contribution in [2.45, 2.75) is 30.5 Å². The fraction of sp³-hybridized carbons (Fsp3) is 0.320. The molecule has 8 nitrogen and oxygen atoms in total. The number of nitrogens with one attached hydrogen (secondary N) is 2. The first-order valence-corrected chi connectivity index (χ1v) is 11.2. The number of ether oxygens (including phenoxy) is 1. The summed E-state index contributed by atoms with van der Waals surface area (Å²) in [7, 11) is 0. The molecule has 3 aliphatic heterocycles. The summed E-state index contributed by atoms with van der Waals surface area (Å²) in [5.74, 6) is -0.00570. The van der Waals surface area contributed by atoms with E-state index >= 15 is 0 Å². The third-order valence-corrected chi connectivity index (χ3v) is 6.90. The normalized spacial score (nSPS) is 23.3. The largest absolute Gasteiger partial charge is 0.370 e. The van der Waals surface area contributed by atoms with Crippen LogP contribution in [-0.4, -0.2) is 52.8 Å². The number of piperidine rings is 1. The summed E-state index contributed by atoms with van der Waals surface area (Å²) in [6.07, 6.45) is 2.04. The highest BCUT2D eigenvalue weighted by atomic mass is 16.5. The zero-order chi connectivity index (χ0) is 22.5. The topological polar surface area (TPSA) is 96.7 Å². The van der Waals surface area contributed by atoms with Crippen LogP contribution in [0.25, 0.3) is 11.3 Å². The van der Waals surface area contributed by atoms with Crippen LogP contribution in [0.3, 0.4) is 0 Å². The van der Waals surface area contributed by atoms with E-state index in [-0.39, 0.29) is 23.2 Å². The Bertz CT molecular complexity index is 1220. The minimum absolute atomic E-state index is 0.0860. The molecule has 4 heterocycles. The summed E-state index contributed by atoms with van der Waals surface area (Å²) in [6.45, 7) is 1.51. The van der Waals surface area contributed by atoms with Crippen molar-refractivity contribution in [1.82, 2.24) is 15.4 Å². The van der Waals surface area contributed by atoms with Crippen LogP contribution in [-0.2, 0) is 4.74 Å². The monoisotopic (exact) mass is 444 g/mol. The summed E-state index contributed by atoms with van der Waals surface area (Å²) in [6, 6.07) is 18.8. The average molecular weight is 444 g/mol. The van der Waals surface area contributed by atoms with Gasteiger partial charge in [-0.05, 0) is 25.0 Å². The van der Waals surface area contributed by atoms with E-state index < -0.39 is 5.66 Å². The highest BCUT2D eigenvalue weighted by molar-refractivity contribution is 6.02. The van der Waals surface area contributed by atoms with Gasteiger partial charge in [0.05, 0.1) is 17.8 Å². The van der Waals surface area contributed by atoms with E-state index in [9.17, 15) is 9.59 Å². The van der Waals surface area contributed by atoms with Crippen molar-refractivity contribution < 1.29 is 18.8 Å². The van der Waals surface area contributed by atoms with Crippen molar-refractivity contribution in [1.29, 1.82) is 0 Å². The van der Waals surface area contributed by atoms with Crippen LogP contribution >= 0.6 is 0 Å². The van der Waals surface area contributed by atoms with Gasteiger partial charge in [-0.1, -0.05) is 47.6 Å². The number of fused-ring (bicyclic) bond motifs is 1. The molecule has 0 bridgehead atoms. The van der Waals surface area contributed by atoms with Crippen LogP contribution in [0.4, 0.5) is 5.69 Å². The van der Waals surface area contributed by atoms with Crippen LogP contribution in [0.2, 0.25) is 0 Å². The SMILES string of the molecule is O=C1NC2(COC3(CCN(C(=O)c4cc(-c5ccccc5)no4)CC3)C2)Nc2ccccc21. The number of anilines is 1. The highest BCUT2D eigenvalue weighted by Gasteiger charge is 2.53. The van der Waals surface area contributed by atoms with Gasteiger partial charge in [0.2, 0.25) is 5.76 Å². The number of hydrogen-bond donors (Lipinski definition) is 2. The second-order valence-electron chi connectivity index (χ2n) is 9.09. The van der Waals surface area contributed by atoms with Crippen molar-refractivity contribution in [3.8, 4) is 11.3 Å². The second-order valence-corrected chi connectivity index (χ2v) is 9.09. The van der Waals surface area contributed by atoms with Crippen molar-refractivity contribution in [3.63, 3.8) is 0 Å². The van der Waals surface area contributed by atoms with Gasteiger partial charge in [-0.2, -0.15) is 0 Å². The van der Waals surface area contributed by atoms with Gasteiger partial charge in [-0.3, -0.25) is 9.59 Å². The smallest absolute Gasteiger partial charge is 0.292 e. The third kappa shape index (κ3) is 3.47. The van der Waals surface area contributed by atoms with Gasteiger partial charge in [-0.15, -0.1) is 0 Å². The summed E-state index contributed by atoms with van der Waals surface area (Å²) in [5.41, 5.74) is 2.03. The number of amides is 2. The fourth-order valence-electron chi connectivity index (χ4n) is 5.17. The van der Waals surface area contributed by atoms with E-state index in [0.29, 0.717) is 50.2 Å². The first kappa shape index (κ1) is 20.0. The first-order valence-electron chi connectivity index (χ1n) is 11.2. The molecule has 2 amide bonds. The number of para-hydroxylation sites is 1. The number of aromatic nitrogens is 1. The summed E-state index contributed by atoms with van der Waals surface area (Å²) < 4.78 is 11.6. The lowest BCUT2D eigenvalue weighted by atomic mass is 9.84. The van der Waals surface area contributed by atoms with Gasteiger partial charge in [0.15, 0.2) is 0 Å². The Hall–Kier alpha value is -3.65. The number of carbonyl (C=O) groups is 2. The number of likely N-dealkylation sites (tertiary alicyclic amines) is 1. The van der Waals surface area contributed by atoms with Gasteiger partial charge < -0.3 is 24.8 Å². The van der Waals surface area contributed by atoms with Crippen LogP contribution in [0.1, 0.15) is 40.2 Å². The van der Waals surface area contributed by atoms with Crippen molar-refractivity contribution >= 4 is 17.5 Å². The number of nitrogens with zero attached hydrogens (tertiary/aromatic N) is 2. The molecule has 0 saturated carbocycles. The summed E-state index contributed by atoms with van der Waals surface area (Å²) in [5, 5.41) is 10.7. The standard InChI is InChI=1S/C25H24N4O4/c30-22-18-8-4-5-9-19(18)26-25(27-22)15-24(32-16-25)10-12-29(13-11-24)23(31)21-14-20(28-33-21)17-6-2-1-3-7-17/h1-9,14,26H,10-13,15-16H2,(H,27,30). The zero-order valence-electron chi connectivity index (χ0n) is 18.0. The predicted octanol–water partition coefficient (Wildman–Crippen LogP) is 3.29. The molecule has 0 radical (unpaired) electrons. The lowest BCUT2D eigenvalue weighted by Crippen LogP contribution is -2.59. The van der Waals surface area contributed by atoms with Crippen molar-refractivity contribution in [2.24, 2.45) is 0 Å². The van der Waals surface area contributed by atoms with Crippen LogP contribution in [0.5, 0.6) is 0 Å². The minimum Gasteiger partial charge on any atom is -0.370 e. The number of hydrogen-bond acceptors (Lipinski definition) is 6. The molecular weight excluding hydrogens is 420 g/mol. The molecule has 2 spiro atoms. The lowest BCUT2D eigenvalue weighted by molar-refractivity contribution is -0.0398. The maximum Gasteiger partial charge on any atom is 0.292 e. The molecule has 33 heavy (non-hydrogen) atoms. The number of benzene rings is 2. The fourth-order valence-corrected chi connectivity index (χ4v) is 5.17. The molecule has 2 N–H and O–H groups in total. The Morgan fingerprint density at radius 1 is 1.00 bits per heavy atom. The Kier molecular flexibility index (Phi) is 4.51. The van der Waals surface area contributed by atoms with Gasteiger partial charge in [0.25, 0.3) is 11.8 Å². The Morgan fingerprint density at radius 2 is 1.76 bits per heavy atom. The Balaban J connectivity index is 1.12. The molecule has 2 aromatic carbocycles. The van der Waals surface area contributed by atoms with E-state index in [0.717, 1.165) is 11.3 Å². The second kappa shape index (κ2) is 7.45. The van der Waals surface area contributed by atoms with Crippen LogP contribution < -0.4 is 10.6 Å². The third-order valence-electron chi connectivity index (χ3n) is 6.90. The maximum atomic E-state index is 13.0. The molecule has 8 heteroatoms. The van der Waals surface area contributed by atoms with Gasteiger partial charge >= 0.3 is 0 Å². The summed E-state index contributed by atoms with van der Waals surface area (Å²) >= 11 is 0. The molecular formula is C25H24N4O4. The molecule has 2 saturated heterocycles. The van der Waals surface area contributed by atoms with Crippen LogP contribution in [0, 0.1) is 0 Å². The van der Waals surface area contributed by atoms with E-state index in [2.05, 4.69) is 15.8 Å². The molecule has 3 aromatic rings. The molecule has 1 atom stereocenters. The Morgan fingerprint density at radius 3 is 2.58 bits per heavy atom. The average Bonchev–Trinajstić information content (AvgIpc) is 3.46. The van der Waals surface area contributed by atoms with E-state index in [4.69, 9.17) is 9.26 Å². The van der Waals surface area contributed by atoms with Crippen molar-refractivity contribution in [2.75, 3.05) is 25.0 Å². The molecule has 0 aliphatic carbocycles. The molecule has 3 aliphatic rings. The quantitative estimate of drug-likeness (QED) is 0.630. The predicted molar refractivity (Wildman–Crippen MR) is 121 cm³/mol. The Labute approximate surface area is 190 Å². The molecule has 1 aromatic heterocycles. The molecule has 6 rings (SSSR count). The van der Waals surface area contributed by atoms with Gasteiger partial charge in [-0.25, -0.2) is 0 Å². The molecule has 168 valence electrons. The minimum atomic E-state index is -0.618. The molecule has 1 unspecified atom stereocenters. The van der Waals surface area contributed by atoms with E-state index in [1.807, 2.05) is 54.6 Å². The summed E-state index contributed by atoms with van der Waals surface area (Å²) in [4.78, 5) is 27.4. The van der Waals surface area contributed by atoms with Gasteiger partial charge in [0, 0.05) is 36.8 Å².